The molecule has 3 aromatic rings. The van der Waals surface area contributed by atoms with E-state index in [2.05, 4.69) is 5.32 Å². The van der Waals surface area contributed by atoms with Crippen LogP contribution in [-0.2, 0) is 14.3 Å². The number of benzene rings is 3. The first-order valence-corrected chi connectivity index (χ1v) is 10.6. The molecule has 0 fully saturated rings. The Labute approximate surface area is 201 Å². The summed E-state index contributed by atoms with van der Waals surface area (Å²) >= 11 is 12.0. The number of amides is 1. The first kappa shape index (κ1) is 24.2. The van der Waals surface area contributed by atoms with Crippen LogP contribution in [0, 0.1) is 0 Å². The zero-order chi connectivity index (χ0) is 23.8. The van der Waals surface area contributed by atoms with E-state index >= 15 is 0 Å². The van der Waals surface area contributed by atoms with Gasteiger partial charge in [-0.25, -0.2) is 4.79 Å². The Hall–Kier alpha value is -3.48. The van der Waals surface area contributed by atoms with Gasteiger partial charge < -0.3 is 19.5 Å². The number of rotatable bonds is 8. The second kappa shape index (κ2) is 11.4. The summed E-state index contributed by atoms with van der Waals surface area (Å²) in [5, 5.41) is 3.41. The van der Waals surface area contributed by atoms with Gasteiger partial charge in [-0.2, -0.15) is 0 Å². The zero-order valence-corrected chi connectivity index (χ0v) is 19.4. The van der Waals surface area contributed by atoms with Crippen LogP contribution < -0.4 is 14.8 Å². The van der Waals surface area contributed by atoms with Gasteiger partial charge >= 0.3 is 5.97 Å². The molecule has 0 saturated carbocycles. The maximum Gasteiger partial charge on any atom is 0.331 e. The molecule has 0 radical (unpaired) electrons. The maximum atomic E-state index is 13.0. The van der Waals surface area contributed by atoms with Crippen LogP contribution in [0.15, 0.2) is 72.8 Å². The predicted molar refractivity (Wildman–Crippen MR) is 129 cm³/mol. The van der Waals surface area contributed by atoms with E-state index in [1.807, 2.05) is 0 Å². The van der Waals surface area contributed by atoms with E-state index in [0.29, 0.717) is 38.4 Å². The molecule has 1 N–H and O–H groups in total. The number of methoxy groups -OCH3 is 2. The average molecular weight is 486 g/mol. The van der Waals surface area contributed by atoms with Crippen molar-refractivity contribution in [3.63, 3.8) is 0 Å². The molecule has 3 rings (SSSR count). The first-order valence-electron chi connectivity index (χ1n) is 9.83. The molecule has 8 heteroatoms. The highest BCUT2D eigenvalue weighted by Crippen LogP contribution is 2.31. The lowest BCUT2D eigenvalue weighted by molar-refractivity contribution is -0.149. The van der Waals surface area contributed by atoms with Crippen molar-refractivity contribution in [3.8, 4) is 11.5 Å². The van der Waals surface area contributed by atoms with Gasteiger partial charge in [0.2, 0.25) is 6.10 Å². The lowest BCUT2D eigenvalue weighted by Gasteiger charge is -2.17. The summed E-state index contributed by atoms with van der Waals surface area (Å²) in [6.45, 7) is 0. The lowest BCUT2D eigenvalue weighted by Crippen LogP contribution is -2.25. The van der Waals surface area contributed by atoms with Crippen molar-refractivity contribution >= 4 is 46.8 Å². The Bertz CT molecular complexity index is 1140. The topological polar surface area (TPSA) is 73.9 Å². The van der Waals surface area contributed by atoms with E-state index in [9.17, 15) is 9.59 Å². The van der Waals surface area contributed by atoms with Crippen molar-refractivity contribution < 1.29 is 23.8 Å². The number of anilines is 1. The quantitative estimate of drug-likeness (QED) is 0.315. The van der Waals surface area contributed by atoms with Crippen LogP contribution in [0.1, 0.15) is 17.2 Å². The molecule has 1 unspecified atom stereocenters. The second-order valence-corrected chi connectivity index (χ2v) is 7.66. The van der Waals surface area contributed by atoms with Gasteiger partial charge in [-0.05, 0) is 30.3 Å². The summed E-state index contributed by atoms with van der Waals surface area (Å²) in [4.78, 5) is 25.6. The summed E-state index contributed by atoms with van der Waals surface area (Å²) in [6.07, 6.45) is 1.55. The number of hydrogen-bond acceptors (Lipinski definition) is 5. The van der Waals surface area contributed by atoms with E-state index in [4.69, 9.17) is 37.4 Å². The minimum atomic E-state index is -1.20. The normalized spacial score (nSPS) is 11.6. The monoisotopic (exact) mass is 485 g/mol. The van der Waals surface area contributed by atoms with E-state index in [-0.39, 0.29) is 0 Å². The largest absolute Gasteiger partial charge is 0.493 e. The minimum absolute atomic E-state index is 0.362. The molecule has 0 heterocycles. The molecule has 33 heavy (non-hydrogen) atoms. The molecule has 0 aliphatic carbocycles. The lowest BCUT2D eigenvalue weighted by atomic mass is 10.1. The molecule has 170 valence electrons. The van der Waals surface area contributed by atoms with Gasteiger partial charge in [-0.1, -0.05) is 65.7 Å². The summed E-state index contributed by atoms with van der Waals surface area (Å²) < 4.78 is 16.1. The van der Waals surface area contributed by atoms with Crippen molar-refractivity contribution in [1.82, 2.24) is 0 Å². The van der Waals surface area contributed by atoms with Crippen LogP contribution in [-0.4, -0.2) is 26.1 Å². The molecule has 3 aromatic carbocycles. The molecular weight excluding hydrogens is 465 g/mol. The number of para-hydroxylation sites is 1. The van der Waals surface area contributed by atoms with Gasteiger partial charge in [0.25, 0.3) is 5.91 Å². The second-order valence-electron chi connectivity index (χ2n) is 6.79. The molecular formula is C25H21Cl2NO5. The SMILES string of the molecule is COc1cccc(/C=C/C(=O)OC(C(=O)Nc2cc(Cl)cc(Cl)c2)c2ccccc2)c1OC. The molecule has 6 nitrogen and oxygen atoms in total. The van der Waals surface area contributed by atoms with Gasteiger partial charge in [-0.15, -0.1) is 0 Å². The number of halogens is 2. The Kier molecular flexibility index (Phi) is 8.35. The smallest absolute Gasteiger partial charge is 0.331 e. The van der Waals surface area contributed by atoms with Crippen LogP contribution >= 0.6 is 23.2 Å². The number of hydrogen-bond donors (Lipinski definition) is 1. The number of carbonyl (C=O) groups excluding carboxylic acids is 2. The number of esters is 1. The third-order valence-electron chi connectivity index (χ3n) is 4.54. The van der Waals surface area contributed by atoms with Gasteiger partial charge in [0.1, 0.15) is 0 Å². The van der Waals surface area contributed by atoms with Gasteiger partial charge in [0.05, 0.1) is 14.2 Å². The average Bonchev–Trinajstić information content (AvgIpc) is 2.80. The van der Waals surface area contributed by atoms with Crippen molar-refractivity contribution in [2.24, 2.45) is 0 Å². The van der Waals surface area contributed by atoms with Crippen molar-refractivity contribution in [2.75, 3.05) is 19.5 Å². The number of ether oxygens (including phenoxy) is 3. The molecule has 1 atom stereocenters. The van der Waals surface area contributed by atoms with Gasteiger partial charge in [0.15, 0.2) is 11.5 Å². The van der Waals surface area contributed by atoms with Crippen LogP contribution in [0.2, 0.25) is 10.0 Å². The first-order chi connectivity index (χ1) is 15.9. The summed E-state index contributed by atoms with van der Waals surface area (Å²) in [7, 11) is 3.03. The minimum Gasteiger partial charge on any atom is -0.493 e. The highest BCUT2D eigenvalue weighted by Gasteiger charge is 2.24. The fourth-order valence-corrected chi connectivity index (χ4v) is 3.62. The van der Waals surface area contributed by atoms with Gasteiger partial charge in [0, 0.05) is 32.9 Å². The van der Waals surface area contributed by atoms with Crippen LogP contribution in [0.3, 0.4) is 0 Å². The van der Waals surface area contributed by atoms with E-state index in [1.165, 1.54) is 26.4 Å². The third-order valence-corrected chi connectivity index (χ3v) is 4.97. The van der Waals surface area contributed by atoms with E-state index in [1.54, 1.807) is 66.7 Å². The standard InChI is InChI=1S/C25H21Cl2NO5/c1-31-21-10-6-9-17(23(21)32-2)11-12-22(29)33-24(16-7-4-3-5-8-16)25(30)28-20-14-18(26)13-19(27)15-20/h3-15,24H,1-2H3,(H,28,30)/b12-11+. The molecule has 0 aliphatic rings. The van der Waals surface area contributed by atoms with Crippen molar-refractivity contribution in [1.29, 1.82) is 0 Å². The molecule has 0 bridgehead atoms. The number of carbonyl (C=O) groups is 2. The molecule has 1 amide bonds. The zero-order valence-electron chi connectivity index (χ0n) is 17.9. The molecule has 0 spiro atoms. The van der Waals surface area contributed by atoms with Crippen LogP contribution in [0.4, 0.5) is 5.69 Å². The fourth-order valence-electron chi connectivity index (χ4n) is 3.09. The van der Waals surface area contributed by atoms with E-state index in [0.717, 1.165) is 0 Å². The Morgan fingerprint density at radius 3 is 2.24 bits per heavy atom. The highest BCUT2D eigenvalue weighted by molar-refractivity contribution is 6.35. The van der Waals surface area contributed by atoms with Gasteiger partial charge in [-0.3, -0.25) is 4.79 Å². The van der Waals surface area contributed by atoms with Crippen molar-refractivity contribution in [2.45, 2.75) is 6.10 Å². The van der Waals surface area contributed by atoms with Crippen LogP contribution in [0.25, 0.3) is 6.08 Å². The summed E-state index contributed by atoms with van der Waals surface area (Å²) in [6, 6.07) is 18.6. The summed E-state index contributed by atoms with van der Waals surface area (Å²) in [5.41, 5.74) is 1.50. The fraction of sp³-hybridized carbons (Fsp3) is 0.120. The molecule has 0 saturated heterocycles. The number of nitrogens with one attached hydrogen (secondary N) is 1. The maximum absolute atomic E-state index is 13.0. The van der Waals surface area contributed by atoms with E-state index < -0.39 is 18.0 Å². The summed E-state index contributed by atoms with van der Waals surface area (Å²) in [5.74, 6) is -0.276. The Balaban J connectivity index is 1.82. The molecule has 0 aliphatic heterocycles. The Morgan fingerprint density at radius 1 is 0.909 bits per heavy atom. The predicted octanol–water partition coefficient (Wildman–Crippen LogP) is 5.95. The third kappa shape index (κ3) is 6.51. The Morgan fingerprint density at radius 2 is 1.61 bits per heavy atom. The van der Waals surface area contributed by atoms with Crippen LogP contribution in [0.5, 0.6) is 11.5 Å². The highest BCUT2D eigenvalue weighted by atomic mass is 35.5. The molecule has 0 aromatic heterocycles. The van der Waals surface area contributed by atoms with Crippen molar-refractivity contribution in [3.05, 3.63) is 94.0 Å².